The summed E-state index contributed by atoms with van der Waals surface area (Å²) in [5, 5.41) is 10.0. The standard InChI is InChI=1S/C29H42N6O6/c1-9-39-24(36)23-30-19-15-14-17(2)16-18(19)22(33-23)31-20-12-10-11-13-21(20)32-25(34-26(37)40-28(3,4)5)35-27(38)41-29(6,7)8/h14-16,20-21H,9-13H2,1-8H3,(H,30,31,33)(H2,32,34,35,37,38)/t20-,21+/m0/s1. The van der Waals surface area contributed by atoms with Crippen LogP contribution >= 0.6 is 0 Å². The molecule has 1 saturated carbocycles. The second-order valence-corrected chi connectivity index (χ2v) is 12.0. The molecular weight excluding hydrogens is 528 g/mol. The number of hydrogen-bond donors (Lipinski definition) is 3. The fourth-order valence-electron chi connectivity index (χ4n) is 4.34. The molecule has 3 N–H and O–H groups in total. The third-order valence-corrected chi connectivity index (χ3v) is 5.94. The highest BCUT2D eigenvalue weighted by molar-refractivity contribution is 5.99. The summed E-state index contributed by atoms with van der Waals surface area (Å²) in [7, 11) is 0. The van der Waals surface area contributed by atoms with E-state index in [0.717, 1.165) is 30.2 Å². The fourth-order valence-corrected chi connectivity index (χ4v) is 4.34. The summed E-state index contributed by atoms with van der Waals surface area (Å²) in [5.41, 5.74) is 0.101. The first kappa shape index (κ1) is 31.6. The highest BCUT2D eigenvalue weighted by atomic mass is 16.6. The van der Waals surface area contributed by atoms with Gasteiger partial charge < -0.3 is 24.8 Å². The topological polar surface area (TPSA) is 153 Å². The van der Waals surface area contributed by atoms with Crippen LogP contribution in [0.3, 0.4) is 0 Å². The first-order valence-electron chi connectivity index (χ1n) is 13.9. The molecule has 1 heterocycles. The van der Waals surface area contributed by atoms with Crippen LogP contribution in [-0.2, 0) is 14.2 Å². The van der Waals surface area contributed by atoms with Crippen molar-refractivity contribution in [3.05, 3.63) is 29.6 Å². The number of fused-ring (bicyclic) bond motifs is 1. The highest BCUT2D eigenvalue weighted by Gasteiger charge is 2.29. The van der Waals surface area contributed by atoms with Gasteiger partial charge in [0, 0.05) is 17.5 Å². The lowest BCUT2D eigenvalue weighted by molar-refractivity contribution is 0.0509. The van der Waals surface area contributed by atoms with E-state index in [1.807, 2.05) is 25.1 Å². The largest absolute Gasteiger partial charge is 0.460 e. The van der Waals surface area contributed by atoms with Gasteiger partial charge in [0.15, 0.2) is 0 Å². The smallest absolute Gasteiger partial charge is 0.437 e. The van der Waals surface area contributed by atoms with Crippen molar-refractivity contribution in [1.82, 2.24) is 20.6 Å². The Morgan fingerprint density at radius 2 is 1.63 bits per heavy atom. The van der Waals surface area contributed by atoms with Crippen molar-refractivity contribution in [2.45, 2.75) is 104 Å². The number of hydrogen-bond acceptors (Lipinski definition) is 9. The number of aliphatic imine (C=N–C) groups is 1. The van der Waals surface area contributed by atoms with Gasteiger partial charge in [0.25, 0.3) is 0 Å². The first-order chi connectivity index (χ1) is 19.1. The number of aryl methyl sites for hydroxylation is 1. The Morgan fingerprint density at radius 1 is 0.976 bits per heavy atom. The average Bonchev–Trinajstić information content (AvgIpc) is 2.83. The van der Waals surface area contributed by atoms with Gasteiger partial charge in [-0.2, -0.15) is 0 Å². The van der Waals surface area contributed by atoms with E-state index in [1.165, 1.54) is 0 Å². The molecular formula is C29H42N6O6. The van der Waals surface area contributed by atoms with E-state index in [2.05, 4.69) is 30.9 Å². The zero-order valence-corrected chi connectivity index (χ0v) is 25.2. The van der Waals surface area contributed by atoms with Gasteiger partial charge in [-0.05, 0) is 80.4 Å². The second kappa shape index (κ2) is 13.1. The molecule has 0 spiro atoms. The van der Waals surface area contributed by atoms with Crippen LogP contribution in [0.1, 0.15) is 90.3 Å². The van der Waals surface area contributed by atoms with Crippen LogP contribution < -0.4 is 16.0 Å². The molecule has 1 aromatic heterocycles. The van der Waals surface area contributed by atoms with Crippen LogP contribution in [-0.4, -0.2) is 64.0 Å². The summed E-state index contributed by atoms with van der Waals surface area (Å²) >= 11 is 0. The molecule has 41 heavy (non-hydrogen) atoms. The van der Waals surface area contributed by atoms with Crippen molar-refractivity contribution in [2.75, 3.05) is 11.9 Å². The predicted octanol–water partition coefficient (Wildman–Crippen LogP) is 5.24. The lowest BCUT2D eigenvalue weighted by Gasteiger charge is -2.34. The number of aromatic nitrogens is 2. The molecule has 12 nitrogen and oxygen atoms in total. The Labute approximate surface area is 241 Å². The van der Waals surface area contributed by atoms with Crippen LogP contribution in [0.5, 0.6) is 0 Å². The monoisotopic (exact) mass is 570 g/mol. The molecule has 0 unspecified atom stereocenters. The maximum Gasteiger partial charge on any atom is 0.437 e. The number of esters is 1. The predicted molar refractivity (Wildman–Crippen MR) is 156 cm³/mol. The zero-order valence-electron chi connectivity index (χ0n) is 25.2. The molecule has 1 aromatic carbocycles. The molecule has 1 fully saturated rings. The van der Waals surface area contributed by atoms with Gasteiger partial charge in [-0.1, -0.05) is 24.5 Å². The van der Waals surface area contributed by atoms with E-state index >= 15 is 0 Å². The number of rotatable bonds is 5. The molecule has 2 amide bonds. The summed E-state index contributed by atoms with van der Waals surface area (Å²) in [4.78, 5) is 50.6. The lowest BCUT2D eigenvalue weighted by Crippen LogP contribution is -2.54. The number of nitrogens with one attached hydrogen (secondary N) is 3. The van der Waals surface area contributed by atoms with E-state index < -0.39 is 29.4 Å². The molecule has 2 aromatic rings. The molecule has 12 heteroatoms. The van der Waals surface area contributed by atoms with E-state index in [9.17, 15) is 14.4 Å². The number of carbonyl (C=O) groups is 3. The van der Waals surface area contributed by atoms with Crippen LogP contribution in [0.2, 0.25) is 0 Å². The van der Waals surface area contributed by atoms with Crippen molar-refractivity contribution < 1.29 is 28.6 Å². The van der Waals surface area contributed by atoms with Crippen LogP contribution in [0.4, 0.5) is 15.4 Å². The lowest BCUT2D eigenvalue weighted by atomic mass is 9.90. The van der Waals surface area contributed by atoms with Crippen molar-refractivity contribution in [2.24, 2.45) is 4.99 Å². The van der Waals surface area contributed by atoms with Crippen LogP contribution in [0.25, 0.3) is 10.9 Å². The molecule has 1 aliphatic rings. The van der Waals surface area contributed by atoms with Gasteiger partial charge in [0.1, 0.15) is 17.0 Å². The van der Waals surface area contributed by atoms with E-state index in [4.69, 9.17) is 14.2 Å². The Kier molecular flexibility index (Phi) is 10.1. The van der Waals surface area contributed by atoms with Gasteiger partial charge >= 0.3 is 18.2 Å². The highest BCUT2D eigenvalue weighted by Crippen LogP contribution is 2.27. The summed E-state index contributed by atoms with van der Waals surface area (Å²) in [6.45, 7) is 14.3. The number of carbonyl (C=O) groups excluding carboxylic acids is 3. The number of amides is 2. The molecule has 224 valence electrons. The van der Waals surface area contributed by atoms with E-state index in [0.29, 0.717) is 17.8 Å². The van der Waals surface area contributed by atoms with Crippen molar-refractivity contribution in [3.63, 3.8) is 0 Å². The third kappa shape index (κ3) is 9.87. The summed E-state index contributed by atoms with van der Waals surface area (Å²) < 4.78 is 15.9. The maximum atomic E-state index is 12.6. The summed E-state index contributed by atoms with van der Waals surface area (Å²) in [6, 6.07) is 5.26. The summed E-state index contributed by atoms with van der Waals surface area (Å²) in [5.74, 6) is -0.233. The minimum Gasteiger partial charge on any atom is -0.460 e. The Balaban J connectivity index is 1.92. The number of anilines is 1. The fraction of sp³-hybridized carbons (Fsp3) is 0.586. The van der Waals surface area contributed by atoms with Gasteiger partial charge in [-0.15, -0.1) is 4.99 Å². The Hall–Kier alpha value is -3.96. The van der Waals surface area contributed by atoms with E-state index in [-0.39, 0.29) is 30.5 Å². The van der Waals surface area contributed by atoms with Crippen LogP contribution in [0, 0.1) is 6.92 Å². The number of ether oxygens (including phenoxy) is 3. The number of alkyl carbamates (subject to hydrolysis) is 1. The third-order valence-electron chi connectivity index (χ3n) is 5.94. The van der Waals surface area contributed by atoms with Crippen molar-refractivity contribution >= 4 is 40.8 Å². The average molecular weight is 571 g/mol. The molecule has 1 aliphatic carbocycles. The van der Waals surface area contributed by atoms with Gasteiger partial charge in [-0.25, -0.2) is 24.4 Å². The number of nitrogens with zero attached hydrogens (tertiary/aromatic N) is 3. The van der Waals surface area contributed by atoms with Gasteiger partial charge in [0.2, 0.25) is 11.8 Å². The molecule has 0 radical (unpaired) electrons. The van der Waals surface area contributed by atoms with Crippen molar-refractivity contribution in [3.8, 4) is 0 Å². The molecule has 3 rings (SSSR count). The molecule has 0 bridgehead atoms. The maximum absolute atomic E-state index is 12.6. The second-order valence-electron chi connectivity index (χ2n) is 12.0. The number of benzene rings is 1. The normalized spacial score (nSPS) is 17.9. The number of guanidine groups is 1. The Bertz CT molecular complexity index is 1300. The van der Waals surface area contributed by atoms with Crippen LogP contribution in [0.15, 0.2) is 23.2 Å². The minimum atomic E-state index is -0.854. The van der Waals surface area contributed by atoms with E-state index in [1.54, 1.807) is 48.5 Å². The van der Waals surface area contributed by atoms with Gasteiger partial charge in [-0.3, -0.25) is 5.32 Å². The summed E-state index contributed by atoms with van der Waals surface area (Å²) in [6.07, 6.45) is 1.72. The van der Waals surface area contributed by atoms with Crippen molar-refractivity contribution in [1.29, 1.82) is 0 Å². The minimum absolute atomic E-state index is 0.0372. The molecule has 0 aliphatic heterocycles. The molecule has 2 atom stereocenters. The molecule has 0 saturated heterocycles. The SMILES string of the molecule is CCOC(=O)c1nc(N[C@H]2CCCC[C@H]2N/C(=N/C(=O)OC(C)(C)C)NC(=O)OC(C)(C)C)c2cc(C)ccc2n1. The van der Waals surface area contributed by atoms with Gasteiger partial charge in [0.05, 0.1) is 12.1 Å². The first-order valence-corrected chi connectivity index (χ1v) is 13.9. The quantitative estimate of drug-likeness (QED) is 0.188. The Morgan fingerprint density at radius 3 is 2.27 bits per heavy atom. The zero-order chi connectivity index (χ0) is 30.4.